The maximum absolute atomic E-state index is 12.1. The summed E-state index contributed by atoms with van der Waals surface area (Å²) in [7, 11) is 1.51. The van der Waals surface area contributed by atoms with E-state index in [1.807, 2.05) is 38.1 Å². The van der Waals surface area contributed by atoms with E-state index in [0.29, 0.717) is 13.1 Å². The minimum atomic E-state index is -0.604. The minimum Gasteiger partial charge on any atom is -0.451 e. The van der Waals surface area contributed by atoms with Gasteiger partial charge < -0.3 is 19.5 Å². The van der Waals surface area contributed by atoms with Gasteiger partial charge in [0, 0.05) is 31.0 Å². The highest BCUT2D eigenvalue weighted by Crippen LogP contribution is 2.15. The number of aromatic nitrogens is 1. The summed E-state index contributed by atoms with van der Waals surface area (Å²) < 4.78 is 5.05. The topological polar surface area (TPSA) is 82.7 Å². The molecule has 0 aliphatic carbocycles. The van der Waals surface area contributed by atoms with Crippen LogP contribution in [0.25, 0.3) is 10.9 Å². The monoisotopic (exact) mass is 345 g/mol. The van der Waals surface area contributed by atoms with Gasteiger partial charge in [-0.2, -0.15) is 0 Å². The van der Waals surface area contributed by atoms with E-state index in [1.165, 1.54) is 11.9 Å². The number of amides is 2. The van der Waals surface area contributed by atoms with Gasteiger partial charge in [-0.3, -0.25) is 9.59 Å². The van der Waals surface area contributed by atoms with Gasteiger partial charge in [0.05, 0.1) is 6.54 Å². The Bertz CT molecular complexity index is 732. The van der Waals surface area contributed by atoms with Crippen LogP contribution < -0.4 is 0 Å². The van der Waals surface area contributed by atoms with Crippen molar-refractivity contribution in [3.8, 4) is 0 Å². The molecule has 7 heteroatoms. The summed E-state index contributed by atoms with van der Waals surface area (Å²) >= 11 is 0. The number of H-pyrrole nitrogens is 1. The second-order valence-corrected chi connectivity index (χ2v) is 5.66. The smallest absolute Gasteiger partial charge is 0.355 e. The van der Waals surface area contributed by atoms with Crippen LogP contribution in [0.3, 0.4) is 0 Å². The summed E-state index contributed by atoms with van der Waals surface area (Å²) in [4.78, 5) is 42.0. The second-order valence-electron chi connectivity index (χ2n) is 5.66. The molecule has 1 aromatic carbocycles. The molecule has 0 aliphatic heterocycles. The van der Waals surface area contributed by atoms with Crippen LogP contribution in [0.5, 0.6) is 0 Å². The van der Waals surface area contributed by atoms with Crippen molar-refractivity contribution >= 4 is 28.7 Å². The van der Waals surface area contributed by atoms with E-state index in [9.17, 15) is 14.4 Å². The average Bonchev–Trinajstić information content (AvgIpc) is 3.04. The van der Waals surface area contributed by atoms with E-state index in [4.69, 9.17) is 4.74 Å². The molecule has 0 unspecified atom stereocenters. The van der Waals surface area contributed by atoms with Gasteiger partial charge in [0.25, 0.3) is 5.91 Å². The quantitative estimate of drug-likeness (QED) is 0.774. The van der Waals surface area contributed by atoms with Crippen molar-refractivity contribution in [2.45, 2.75) is 13.8 Å². The van der Waals surface area contributed by atoms with E-state index in [2.05, 4.69) is 4.98 Å². The number of likely N-dealkylation sites (N-methyl/N-ethyl adjacent to an activating group) is 2. The standard InChI is InChI=1S/C18H23N3O4/c1-4-21(5-2)16(22)11-20(3)17(23)12-25-18(24)15-10-13-8-6-7-9-14(13)19-15/h6-10,19H,4-5,11-12H2,1-3H3. The number of esters is 1. The largest absolute Gasteiger partial charge is 0.451 e. The fourth-order valence-corrected chi connectivity index (χ4v) is 2.47. The highest BCUT2D eigenvalue weighted by molar-refractivity contribution is 5.96. The molecule has 1 N–H and O–H groups in total. The van der Waals surface area contributed by atoms with Gasteiger partial charge in [-0.15, -0.1) is 0 Å². The summed E-state index contributed by atoms with van der Waals surface area (Å²) in [5.41, 5.74) is 1.11. The molecule has 0 aliphatic rings. The molecule has 2 rings (SSSR count). The summed E-state index contributed by atoms with van der Waals surface area (Å²) in [6, 6.07) is 9.13. The summed E-state index contributed by atoms with van der Waals surface area (Å²) in [6.45, 7) is 4.50. The lowest BCUT2D eigenvalue weighted by Gasteiger charge is -2.23. The Morgan fingerprint density at radius 2 is 1.76 bits per heavy atom. The number of nitrogens with one attached hydrogen (secondary N) is 1. The molecule has 0 atom stereocenters. The fourth-order valence-electron chi connectivity index (χ4n) is 2.47. The van der Waals surface area contributed by atoms with Crippen LogP contribution in [0.2, 0.25) is 0 Å². The number of para-hydroxylation sites is 1. The molecule has 0 radical (unpaired) electrons. The lowest BCUT2D eigenvalue weighted by Crippen LogP contribution is -2.42. The Balaban J connectivity index is 1.88. The van der Waals surface area contributed by atoms with E-state index in [-0.39, 0.29) is 18.1 Å². The molecule has 2 aromatic rings. The molecule has 0 bridgehead atoms. The molecular weight excluding hydrogens is 322 g/mol. The highest BCUT2D eigenvalue weighted by Gasteiger charge is 2.19. The predicted molar refractivity (Wildman–Crippen MR) is 94.1 cm³/mol. The van der Waals surface area contributed by atoms with Crippen LogP contribution in [0.15, 0.2) is 30.3 Å². The van der Waals surface area contributed by atoms with Crippen LogP contribution in [0.4, 0.5) is 0 Å². The third-order valence-corrected chi connectivity index (χ3v) is 3.99. The number of fused-ring (bicyclic) bond motifs is 1. The minimum absolute atomic E-state index is 0.0373. The fraction of sp³-hybridized carbons (Fsp3) is 0.389. The zero-order valence-electron chi connectivity index (χ0n) is 14.7. The van der Waals surface area contributed by atoms with Crippen molar-refractivity contribution in [2.75, 3.05) is 33.3 Å². The zero-order valence-corrected chi connectivity index (χ0v) is 14.7. The lowest BCUT2D eigenvalue weighted by atomic mass is 10.2. The normalized spacial score (nSPS) is 10.5. The highest BCUT2D eigenvalue weighted by atomic mass is 16.5. The van der Waals surface area contributed by atoms with E-state index < -0.39 is 18.5 Å². The van der Waals surface area contributed by atoms with E-state index in [0.717, 1.165) is 10.9 Å². The van der Waals surface area contributed by atoms with Crippen molar-refractivity contribution in [3.63, 3.8) is 0 Å². The molecule has 1 heterocycles. The van der Waals surface area contributed by atoms with Crippen LogP contribution >= 0.6 is 0 Å². The number of nitrogens with zero attached hydrogens (tertiary/aromatic N) is 2. The predicted octanol–water partition coefficient (Wildman–Crippen LogP) is 1.65. The number of benzene rings is 1. The van der Waals surface area contributed by atoms with Crippen molar-refractivity contribution in [1.29, 1.82) is 0 Å². The second kappa shape index (κ2) is 8.32. The van der Waals surface area contributed by atoms with Crippen LogP contribution in [0.1, 0.15) is 24.3 Å². The first kappa shape index (κ1) is 18.5. The Labute approximate surface area is 146 Å². The maximum Gasteiger partial charge on any atom is 0.355 e. The Hall–Kier alpha value is -2.83. The van der Waals surface area contributed by atoms with E-state index in [1.54, 1.807) is 11.0 Å². The molecule has 7 nitrogen and oxygen atoms in total. The summed E-state index contributed by atoms with van der Waals surface area (Å²) in [5.74, 6) is -1.17. The van der Waals surface area contributed by atoms with Crippen molar-refractivity contribution in [2.24, 2.45) is 0 Å². The first-order valence-electron chi connectivity index (χ1n) is 8.22. The zero-order chi connectivity index (χ0) is 18.4. The van der Waals surface area contributed by atoms with Crippen LogP contribution in [0, 0.1) is 0 Å². The SMILES string of the molecule is CCN(CC)C(=O)CN(C)C(=O)COC(=O)c1cc2ccccc2[nH]1. The number of aromatic amines is 1. The number of carbonyl (C=O) groups is 3. The van der Waals surface area contributed by atoms with Gasteiger partial charge in [-0.1, -0.05) is 18.2 Å². The number of hydrogen-bond donors (Lipinski definition) is 1. The van der Waals surface area contributed by atoms with Gasteiger partial charge in [0.15, 0.2) is 6.61 Å². The first-order chi connectivity index (χ1) is 12.0. The van der Waals surface area contributed by atoms with E-state index >= 15 is 0 Å². The molecule has 0 fully saturated rings. The Morgan fingerprint density at radius 1 is 1.08 bits per heavy atom. The molecule has 134 valence electrons. The van der Waals surface area contributed by atoms with Gasteiger partial charge >= 0.3 is 5.97 Å². The molecular formula is C18H23N3O4. The first-order valence-corrected chi connectivity index (χ1v) is 8.22. The lowest BCUT2D eigenvalue weighted by molar-refractivity contribution is -0.140. The summed E-state index contributed by atoms with van der Waals surface area (Å²) in [6.07, 6.45) is 0. The third kappa shape index (κ3) is 4.59. The number of ether oxygens (including phenoxy) is 1. The average molecular weight is 345 g/mol. The number of carbonyl (C=O) groups excluding carboxylic acids is 3. The Morgan fingerprint density at radius 3 is 2.40 bits per heavy atom. The molecule has 25 heavy (non-hydrogen) atoms. The van der Waals surface area contributed by atoms with Crippen LogP contribution in [-0.4, -0.2) is 65.9 Å². The van der Waals surface area contributed by atoms with Gasteiger partial charge in [0.1, 0.15) is 5.69 Å². The third-order valence-electron chi connectivity index (χ3n) is 3.99. The van der Waals surface area contributed by atoms with Crippen molar-refractivity contribution in [3.05, 3.63) is 36.0 Å². The van der Waals surface area contributed by atoms with Crippen molar-refractivity contribution in [1.82, 2.24) is 14.8 Å². The number of rotatable bonds is 7. The number of hydrogen-bond acceptors (Lipinski definition) is 4. The molecule has 0 saturated heterocycles. The van der Waals surface area contributed by atoms with Crippen LogP contribution in [-0.2, 0) is 14.3 Å². The van der Waals surface area contributed by atoms with Gasteiger partial charge in [-0.25, -0.2) is 4.79 Å². The van der Waals surface area contributed by atoms with Crippen molar-refractivity contribution < 1.29 is 19.1 Å². The Kier molecular flexibility index (Phi) is 6.16. The maximum atomic E-state index is 12.1. The molecule has 0 saturated carbocycles. The van der Waals surface area contributed by atoms with Gasteiger partial charge in [0.2, 0.25) is 5.91 Å². The summed E-state index contributed by atoms with van der Waals surface area (Å²) in [5, 5.41) is 0.891. The molecule has 1 aromatic heterocycles. The molecule has 0 spiro atoms. The van der Waals surface area contributed by atoms with Gasteiger partial charge in [-0.05, 0) is 26.0 Å². The molecule has 2 amide bonds.